The summed E-state index contributed by atoms with van der Waals surface area (Å²) in [5.74, 6) is 0.487. The van der Waals surface area contributed by atoms with E-state index in [1.165, 1.54) is 16.8 Å². The van der Waals surface area contributed by atoms with Gasteiger partial charge in [0.15, 0.2) is 5.84 Å². The minimum Gasteiger partial charge on any atom is -0.494 e. The SMILES string of the molecule is CCOc1ccc(-n2c(C)cc(/C=C3\C(=N)N4N=C(CC)SC4=NC3=O)c2C)cc1. The molecule has 0 fully saturated rings. The number of carbonyl (C=O) groups is 1. The quantitative estimate of drug-likeness (QED) is 0.720. The van der Waals surface area contributed by atoms with Crippen molar-refractivity contribution in [3.8, 4) is 11.4 Å². The number of amidine groups is 2. The number of hydrazone groups is 1. The maximum Gasteiger partial charge on any atom is 0.283 e. The number of hydrogen-bond acceptors (Lipinski definition) is 5. The fourth-order valence-corrected chi connectivity index (χ4v) is 4.34. The van der Waals surface area contributed by atoms with Crippen molar-refractivity contribution in [2.45, 2.75) is 34.1 Å². The van der Waals surface area contributed by atoms with Crippen molar-refractivity contribution in [1.82, 2.24) is 9.58 Å². The number of amides is 1. The van der Waals surface area contributed by atoms with Crippen molar-refractivity contribution in [2.75, 3.05) is 6.61 Å². The molecule has 1 N–H and O–H groups in total. The molecular weight excluding hydrogens is 398 g/mol. The van der Waals surface area contributed by atoms with Gasteiger partial charge < -0.3 is 9.30 Å². The standard InChI is InChI=1S/C22H23N5O2S/c1-5-19-25-27-20(23)18(21(28)24-22(27)30-19)12-15-11-13(3)26(14(15)4)16-7-9-17(10-8-16)29-6-2/h7-12,23H,5-6H2,1-4H3/b18-12+,23-20?. The topological polar surface area (TPSA) is 83.0 Å². The number of benzene rings is 1. The molecule has 0 aliphatic carbocycles. The molecule has 30 heavy (non-hydrogen) atoms. The smallest absolute Gasteiger partial charge is 0.283 e. The van der Waals surface area contributed by atoms with Crippen molar-refractivity contribution < 1.29 is 9.53 Å². The van der Waals surface area contributed by atoms with Crippen molar-refractivity contribution in [2.24, 2.45) is 10.1 Å². The van der Waals surface area contributed by atoms with E-state index < -0.39 is 5.91 Å². The first-order valence-corrected chi connectivity index (χ1v) is 10.7. The molecule has 1 aromatic carbocycles. The van der Waals surface area contributed by atoms with Gasteiger partial charge in [-0.15, -0.1) is 0 Å². The Bertz CT molecular complexity index is 1130. The van der Waals surface area contributed by atoms with Gasteiger partial charge in [0.1, 0.15) is 10.8 Å². The largest absolute Gasteiger partial charge is 0.494 e. The third-order valence-electron chi connectivity index (χ3n) is 4.97. The number of aryl methyl sites for hydroxylation is 1. The molecule has 8 heteroatoms. The second-order valence-corrected chi connectivity index (χ2v) is 8.00. The number of nitrogens with one attached hydrogen (secondary N) is 1. The number of aliphatic imine (C=N–C) groups is 1. The van der Waals surface area contributed by atoms with Crippen LogP contribution >= 0.6 is 11.8 Å². The Morgan fingerprint density at radius 1 is 1.20 bits per heavy atom. The summed E-state index contributed by atoms with van der Waals surface area (Å²) in [4.78, 5) is 16.7. The van der Waals surface area contributed by atoms with Gasteiger partial charge in [-0.3, -0.25) is 10.2 Å². The zero-order valence-electron chi connectivity index (χ0n) is 17.4. The van der Waals surface area contributed by atoms with Crippen LogP contribution in [0.15, 0.2) is 46.0 Å². The second kappa shape index (κ2) is 7.95. The molecular formula is C22H23N5O2S. The van der Waals surface area contributed by atoms with Gasteiger partial charge in [-0.2, -0.15) is 15.1 Å². The predicted molar refractivity (Wildman–Crippen MR) is 122 cm³/mol. The monoisotopic (exact) mass is 421 g/mol. The minimum absolute atomic E-state index is 0.0619. The molecule has 0 saturated carbocycles. The van der Waals surface area contributed by atoms with Crippen LogP contribution in [0.3, 0.4) is 0 Å². The molecule has 1 amide bonds. The lowest BCUT2D eigenvalue weighted by Gasteiger charge is -2.20. The van der Waals surface area contributed by atoms with Gasteiger partial charge in [0.25, 0.3) is 5.91 Å². The summed E-state index contributed by atoms with van der Waals surface area (Å²) in [5, 5.41) is 15.6. The Morgan fingerprint density at radius 2 is 1.93 bits per heavy atom. The average molecular weight is 422 g/mol. The molecule has 0 radical (unpaired) electrons. The maximum absolute atomic E-state index is 12.6. The highest BCUT2D eigenvalue weighted by atomic mass is 32.2. The third kappa shape index (κ3) is 3.47. The van der Waals surface area contributed by atoms with E-state index in [9.17, 15) is 4.79 Å². The average Bonchev–Trinajstić information content (AvgIpc) is 3.26. The van der Waals surface area contributed by atoms with Crippen molar-refractivity contribution in [1.29, 1.82) is 5.41 Å². The van der Waals surface area contributed by atoms with Crippen molar-refractivity contribution in [3.05, 3.63) is 52.9 Å². The molecule has 0 atom stereocenters. The zero-order chi connectivity index (χ0) is 21.4. The summed E-state index contributed by atoms with van der Waals surface area (Å²) in [6, 6.07) is 9.92. The Kier molecular flexibility index (Phi) is 5.34. The highest BCUT2D eigenvalue weighted by molar-refractivity contribution is 8.26. The van der Waals surface area contributed by atoms with Crippen molar-refractivity contribution >= 4 is 39.8 Å². The normalized spacial score (nSPS) is 17.3. The Morgan fingerprint density at radius 3 is 2.60 bits per heavy atom. The Labute approximate surface area is 179 Å². The second-order valence-electron chi connectivity index (χ2n) is 6.96. The lowest BCUT2D eigenvalue weighted by atomic mass is 10.1. The number of nitrogens with zero attached hydrogens (tertiary/aromatic N) is 4. The lowest BCUT2D eigenvalue weighted by molar-refractivity contribution is -0.114. The molecule has 4 rings (SSSR count). The highest BCUT2D eigenvalue weighted by Gasteiger charge is 2.35. The summed E-state index contributed by atoms with van der Waals surface area (Å²) in [7, 11) is 0. The summed E-state index contributed by atoms with van der Waals surface area (Å²) in [5.41, 5.74) is 4.14. The zero-order valence-corrected chi connectivity index (χ0v) is 18.2. The van der Waals surface area contributed by atoms with Gasteiger partial charge in [-0.25, -0.2) is 0 Å². The van der Waals surface area contributed by atoms with Crippen LogP contribution in [0, 0.1) is 19.3 Å². The Balaban J connectivity index is 1.70. The molecule has 2 aliphatic heterocycles. The number of aromatic nitrogens is 1. The fraction of sp³-hybridized carbons (Fsp3) is 0.273. The van der Waals surface area contributed by atoms with E-state index in [0.717, 1.165) is 39.9 Å². The summed E-state index contributed by atoms with van der Waals surface area (Å²) in [6.07, 6.45) is 2.48. The van der Waals surface area contributed by atoms with E-state index in [-0.39, 0.29) is 11.4 Å². The van der Waals surface area contributed by atoms with Crippen LogP contribution in [0.1, 0.15) is 37.2 Å². The number of rotatable bonds is 5. The first-order chi connectivity index (χ1) is 14.4. The predicted octanol–water partition coefficient (Wildman–Crippen LogP) is 4.52. The van der Waals surface area contributed by atoms with Crippen LogP contribution in [0.5, 0.6) is 5.75 Å². The molecule has 0 spiro atoms. The lowest BCUT2D eigenvalue weighted by Crippen LogP contribution is -2.35. The van der Waals surface area contributed by atoms with Gasteiger partial charge in [0.05, 0.1) is 12.2 Å². The van der Waals surface area contributed by atoms with E-state index in [0.29, 0.717) is 11.8 Å². The molecule has 1 aromatic heterocycles. The van der Waals surface area contributed by atoms with Crippen LogP contribution in [0.4, 0.5) is 0 Å². The van der Waals surface area contributed by atoms with Gasteiger partial charge in [-0.05, 0) is 80.9 Å². The van der Waals surface area contributed by atoms with Crippen molar-refractivity contribution in [3.63, 3.8) is 0 Å². The number of hydrogen-bond donors (Lipinski definition) is 1. The van der Waals surface area contributed by atoms with Crippen LogP contribution in [-0.2, 0) is 4.79 Å². The molecule has 154 valence electrons. The minimum atomic E-state index is -0.405. The van der Waals surface area contributed by atoms with E-state index in [1.54, 1.807) is 6.08 Å². The van der Waals surface area contributed by atoms with Crippen LogP contribution in [0.2, 0.25) is 0 Å². The molecule has 0 bridgehead atoms. The van der Waals surface area contributed by atoms with Crippen LogP contribution in [-0.4, -0.2) is 38.1 Å². The van der Waals surface area contributed by atoms with E-state index in [4.69, 9.17) is 10.1 Å². The van der Waals surface area contributed by atoms with E-state index in [1.807, 2.05) is 58.0 Å². The van der Waals surface area contributed by atoms with Gasteiger partial charge in [0, 0.05) is 17.1 Å². The molecule has 2 aliphatic rings. The van der Waals surface area contributed by atoms with Gasteiger partial charge >= 0.3 is 0 Å². The van der Waals surface area contributed by atoms with E-state index >= 15 is 0 Å². The third-order valence-corrected chi connectivity index (χ3v) is 6.03. The molecule has 2 aromatic rings. The van der Waals surface area contributed by atoms with Crippen LogP contribution in [0.25, 0.3) is 11.8 Å². The molecule has 0 unspecified atom stereocenters. The first kappa shape index (κ1) is 20.2. The maximum atomic E-state index is 12.6. The number of ether oxygens (including phenoxy) is 1. The summed E-state index contributed by atoms with van der Waals surface area (Å²) in [6.45, 7) is 8.59. The number of carbonyl (C=O) groups excluding carboxylic acids is 1. The van der Waals surface area contributed by atoms with Crippen LogP contribution < -0.4 is 4.74 Å². The number of fused-ring (bicyclic) bond motifs is 1. The Hall–Kier alpha value is -3.13. The number of thioether (sulfide) groups is 1. The van der Waals surface area contributed by atoms with Gasteiger partial charge in [0.2, 0.25) is 5.17 Å². The summed E-state index contributed by atoms with van der Waals surface area (Å²) < 4.78 is 7.65. The first-order valence-electron chi connectivity index (χ1n) is 9.84. The van der Waals surface area contributed by atoms with E-state index in [2.05, 4.69) is 14.7 Å². The fourth-order valence-electron chi connectivity index (χ4n) is 3.52. The van der Waals surface area contributed by atoms with Gasteiger partial charge in [-0.1, -0.05) is 6.92 Å². The summed E-state index contributed by atoms with van der Waals surface area (Å²) >= 11 is 1.34. The highest BCUT2D eigenvalue weighted by Crippen LogP contribution is 2.30. The molecule has 3 heterocycles. The molecule has 0 saturated heterocycles. The molecule has 7 nitrogen and oxygen atoms in total.